The molecule has 1 aromatic carbocycles. The first-order valence-electron chi connectivity index (χ1n) is 8.23. The maximum Gasteiger partial charge on any atom is 0.270 e. The van der Waals surface area contributed by atoms with Crippen LogP contribution >= 0.6 is 11.3 Å². The zero-order valence-electron chi connectivity index (χ0n) is 14.5. The van der Waals surface area contributed by atoms with Crippen molar-refractivity contribution in [2.45, 2.75) is 6.04 Å². The highest BCUT2D eigenvalue weighted by molar-refractivity contribution is 7.15. The SMILES string of the molecule is Cn1cccc1-c1cc(C(=O)N[C@H](c2ccccc2)c2nnc(N)s2)[nH]n1. The molecule has 8 nitrogen and oxygen atoms in total. The lowest BCUT2D eigenvalue weighted by Gasteiger charge is -2.15. The zero-order chi connectivity index (χ0) is 18.8. The Kier molecular flexibility index (Phi) is 4.43. The number of amides is 1. The summed E-state index contributed by atoms with van der Waals surface area (Å²) in [6.07, 6.45) is 1.93. The molecule has 0 saturated carbocycles. The van der Waals surface area contributed by atoms with Crippen molar-refractivity contribution in [1.82, 2.24) is 30.3 Å². The van der Waals surface area contributed by atoms with E-state index >= 15 is 0 Å². The summed E-state index contributed by atoms with van der Waals surface area (Å²) in [5.74, 6) is -0.286. The Hall–Kier alpha value is -3.46. The lowest BCUT2D eigenvalue weighted by atomic mass is 10.1. The van der Waals surface area contributed by atoms with Gasteiger partial charge in [-0.2, -0.15) is 5.10 Å². The smallest absolute Gasteiger partial charge is 0.270 e. The molecule has 0 fully saturated rings. The maximum absolute atomic E-state index is 12.8. The number of aromatic amines is 1. The van der Waals surface area contributed by atoms with Gasteiger partial charge >= 0.3 is 0 Å². The summed E-state index contributed by atoms with van der Waals surface area (Å²) in [7, 11) is 1.93. The summed E-state index contributed by atoms with van der Waals surface area (Å²) in [4.78, 5) is 12.8. The highest BCUT2D eigenvalue weighted by Crippen LogP contribution is 2.26. The first kappa shape index (κ1) is 17.0. The topological polar surface area (TPSA) is 115 Å². The van der Waals surface area contributed by atoms with Crippen LogP contribution in [0.1, 0.15) is 27.1 Å². The van der Waals surface area contributed by atoms with Crippen molar-refractivity contribution >= 4 is 22.4 Å². The predicted octanol–water partition coefficient (Wildman–Crippen LogP) is 2.37. The van der Waals surface area contributed by atoms with E-state index in [1.165, 1.54) is 11.3 Å². The van der Waals surface area contributed by atoms with Gasteiger partial charge in [0.25, 0.3) is 5.91 Å². The van der Waals surface area contributed by atoms with Crippen LogP contribution in [0.4, 0.5) is 5.13 Å². The number of rotatable bonds is 5. The van der Waals surface area contributed by atoms with Crippen LogP contribution in [-0.2, 0) is 7.05 Å². The molecule has 136 valence electrons. The number of nitrogen functional groups attached to an aromatic ring is 1. The highest BCUT2D eigenvalue weighted by Gasteiger charge is 2.23. The average molecular weight is 379 g/mol. The number of aromatic nitrogens is 5. The van der Waals surface area contributed by atoms with Gasteiger partial charge in [0.05, 0.1) is 5.69 Å². The fourth-order valence-electron chi connectivity index (χ4n) is 2.80. The third-order valence-electron chi connectivity index (χ3n) is 4.14. The number of carbonyl (C=O) groups excluding carboxylic acids is 1. The molecule has 0 saturated heterocycles. The molecule has 0 radical (unpaired) electrons. The minimum atomic E-state index is -0.449. The van der Waals surface area contributed by atoms with E-state index in [2.05, 4.69) is 25.7 Å². The first-order chi connectivity index (χ1) is 13.1. The molecule has 0 bridgehead atoms. The molecule has 0 aliphatic rings. The molecule has 4 rings (SSSR count). The molecule has 3 aromatic heterocycles. The third kappa shape index (κ3) is 3.44. The molecule has 3 heterocycles. The van der Waals surface area contributed by atoms with Crippen LogP contribution in [0.3, 0.4) is 0 Å². The Morgan fingerprint density at radius 1 is 1.22 bits per heavy atom. The second-order valence-corrected chi connectivity index (χ2v) is 7.01. The molecular formula is C18H17N7OS. The van der Waals surface area contributed by atoms with E-state index in [0.29, 0.717) is 21.5 Å². The number of nitrogens with zero attached hydrogens (tertiary/aromatic N) is 4. The lowest BCUT2D eigenvalue weighted by Crippen LogP contribution is -2.29. The van der Waals surface area contributed by atoms with E-state index in [-0.39, 0.29) is 5.91 Å². The summed E-state index contributed by atoms with van der Waals surface area (Å²) in [5, 5.41) is 19.0. The monoisotopic (exact) mass is 379 g/mol. The Morgan fingerprint density at radius 2 is 2.04 bits per heavy atom. The second-order valence-electron chi connectivity index (χ2n) is 5.97. The van der Waals surface area contributed by atoms with Gasteiger partial charge in [-0.3, -0.25) is 9.89 Å². The number of nitrogens with one attached hydrogen (secondary N) is 2. The minimum absolute atomic E-state index is 0.286. The fourth-order valence-corrected chi connectivity index (χ4v) is 3.49. The molecule has 0 aliphatic carbocycles. The molecule has 1 atom stereocenters. The summed E-state index contributed by atoms with van der Waals surface area (Å²) in [5.41, 5.74) is 8.60. The van der Waals surface area contributed by atoms with Crippen molar-refractivity contribution in [3.8, 4) is 11.4 Å². The van der Waals surface area contributed by atoms with Gasteiger partial charge in [-0.05, 0) is 23.8 Å². The Balaban J connectivity index is 1.61. The standard InChI is InChI=1S/C18H17N7OS/c1-25-9-5-8-14(25)12-10-13(22-21-12)16(26)20-15(11-6-3-2-4-7-11)17-23-24-18(19)27-17/h2-10,15H,1H3,(H2,19,24)(H,20,26)(H,21,22)/t15-/m1/s1. The van der Waals surface area contributed by atoms with E-state index in [9.17, 15) is 4.79 Å². The molecule has 1 amide bonds. The van der Waals surface area contributed by atoms with Gasteiger partial charge < -0.3 is 15.6 Å². The van der Waals surface area contributed by atoms with Crippen molar-refractivity contribution < 1.29 is 4.79 Å². The number of hydrogen-bond acceptors (Lipinski definition) is 6. The van der Waals surface area contributed by atoms with Gasteiger partial charge in [-0.1, -0.05) is 41.7 Å². The number of hydrogen-bond donors (Lipinski definition) is 3. The van der Waals surface area contributed by atoms with Crippen LogP contribution in [0.25, 0.3) is 11.4 Å². The number of H-pyrrole nitrogens is 1. The summed E-state index contributed by atoms with van der Waals surface area (Å²) >= 11 is 1.24. The molecular weight excluding hydrogens is 362 g/mol. The van der Waals surface area contributed by atoms with E-state index in [1.807, 2.05) is 60.3 Å². The van der Waals surface area contributed by atoms with Crippen LogP contribution in [0, 0.1) is 0 Å². The van der Waals surface area contributed by atoms with Gasteiger partial charge in [0.15, 0.2) is 0 Å². The van der Waals surface area contributed by atoms with Crippen LogP contribution in [0.15, 0.2) is 54.7 Å². The van der Waals surface area contributed by atoms with Crippen LogP contribution in [-0.4, -0.2) is 30.9 Å². The quantitative estimate of drug-likeness (QED) is 0.492. The zero-order valence-corrected chi connectivity index (χ0v) is 15.3. The number of anilines is 1. The molecule has 27 heavy (non-hydrogen) atoms. The van der Waals surface area contributed by atoms with Crippen molar-refractivity contribution in [1.29, 1.82) is 0 Å². The number of carbonyl (C=O) groups is 1. The Morgan fingerprint density at radius 3 is 2.70 bits per heavy atom. The largest absolute Gasteiger partial charge is 0.374 e. The van der Waals surface area contributed by atoms with E-state index in [4.69, 9.17) is 5.73 Å². The van der Waals surface area contributed by atoms with E-state index in [1.54, 1.807) is 6.07 Å². The average Bonchev–Trinajstić information content (AvgIpc) is 3.41. The minimum Gasteiger partial charge on any atom is -0.374 e. The Labute approximate surface area is 159 Å². The van der Waals surface area contributed by atoms with E-state index in [0.717, 1.165) is 11.3 Å². The molecule has 4 aromatic rings. The number of nitrogens with two attached hydrogens (primary N) is 1. The summed E-state index contributed by atoms with van der Waals surface area (Å²) < 4.78 is 1.94. The second kappa shape index (κ2) is 7.04. The summed E-state index contributed by atoms with van der Waals surface area (Å²) in [6, 6.07) is 14.7. The van der Waals surface area contributed by atoms with Crippen LogP contribution in [0.5, 0.6) is 0 Å². The Bertz CT molecular complexity index is 1070. The normalized spacial score (nSPS) is 12.0. The van der Waals surface area contributed by atoms with Crippen LogP contribution < -0.4 is 11.1 Å². The van der Waals surface area contributed by atoms with Gasteiger partial charge in [0.1, 0.15) is 22.4 Å². The van der Waals surface area contributed by atoms with Crippen molar-refractivity contribution in [2.24, 2.45) is 7.05 Å². The number of aryl methyl sites for hydroxylation is 1. The molecule has 0 spiro atoms. The maximum atomic E-state index is 12.8. The van der Waals surface area contributed by atoms with Gasteiger partial charge in [0.2, 0.25) is 5.13 Å². The molecule has 9 heteroatoms. The number of benzene rings is 1. The lowest BCUT2D eigenvalue weighted by molar-refractivity contribution is 0.0938. The van der Waals surface area contributed by atoms with E-state index < -0.39 is 6.04 Å². The van der Waals surface area contributed by atoms with Crippen LogP contribution in [0.2, 0.25) is 0 Å². The van der Waals surface area contributed by atoms with Gasteiger partial charge in [-0.15, -0.1) is 10.2 Å². The third-order valence-corrected chi connectivity index (χ3v) is 4.96. The molecule has 0 aliphatic heterocycles. The van der Waals surface area contributed by atoms with Crippen molar-refractivity contribution in [2.75, 3.05) is 5.73 Å². The summed E-state index contributed by atoms with van der Waals surface area (Å²) in [6.45, 7) is 0. The molecule has 4 N–H and O–H groups in total. The van der Waals surface area contributed by atoms with Gasteiger partial charge in [-0.25, -0.2) is 0 Å². The van der Waals surface area contributed by atoms with Crippen molar-refractivity contribution in [3.63, 3.8) is 0 Å². The molecule has 0 unspecified atom stereocenters. The van der Waals surface area contributed by atoms with Crippen molar-refractivity contribution in [3.05, 3.63) is 71.0 Å². The first-order valence-corrected chi connectivity index (χ1v) is 9.05. The van der Waals surface area contributed by atoms with Gasteiger partial charge in [0, 0.05) is 13.2 Å². The highest BCUT2D eigenvalue weighted by atomic mass is 32.1. The fraction of sp³-hybridized carbons (Fsp3) is 0.111. The predicted molar refractivity (Wildman–Crippen MR) is 103 cm³/mol.